The van der Waals surface area contributed by atoms with Crippen LogP contribution in [0.2, 0.25) is 0 Å². The van der Waals surface area contributed by atoms with Crippen LogP contribution in [-0.2, 0) is 6.54 Å². The van der Waals surface area contributed by atoms with Gasteiger partial charge in [-0.25, -0.2) is 4.98 Å². The van der Waals surface area contributed by atoms with Gasteiger partial charge in [0.15, 0.2) is 5.65 Å². The molecule has 6 heteroatoms. The van der Waals surface area contributed by atoms with Crippen molar-refractivity contribution in [1.82, 2.24) is 19.4 Å². The second-order valence-corrected chi connectivity index (χ2v) is 6.73. The van der Waals surface area contributed by atoms with Crippen LogP contribution < -0.4 is 4.74 Å². The zero-order valence-corrected chi connectivity index (χ0v) is 14.3. The number of hydrogen-bond donors (Lipinski definition) is 0. The first-order chi connectivity index (χ1) is 9.76. The van der Waals surface area contributed by atoms with Crippen molar-refractivity contribution in [2.45, 2.75) is 38.2 Å². The largest absolute Gasteiger partial charge is 0.481 e. The fourth-order valence-electron chi connectivity index (χ4n) is 2.10. The highest BCUT2D eigenvalue weighted by Crippen LogP contribution is 2.27. The Morgan fingerprint density at radius 1 is 1.33 bits per heavy atom. The van der Waals surface area contributed by atoms with Crippen LogP contribution in [0.1, 0.15) is 32.0 Å². The van der Waals surface area contributed by atoms with Crippen LogP contribution in [-0.4, -0.2) is 46.2 Å². The van der Waals surface area contributed by atoms with Gasteiger partial charge in [0, 0.05) is 18.2 Å². The van der Waals surface area contributed by atoms with E-state index < -0.39 is 0 Å². The maximum absolute atomic E-state index is 6.31. The van der Waals surface area contributed by atoms with Gasteiger partial charge < -0.3 is 14.2 Å². The Labute approximate surface area is 130 Å². The van der Waals surface area contributed by atoms with Gasteiger partial charge in [0.2, 0.25) is 5.88 Å². The molecular weight excluding hydrogens is 288 g/mol. The molecule has 2 rings (SSSR count). The molecule has 0 aliphatic rings. The minimum Gasteiger partial charge on any atom is -0.481 e. The highest BCUT2D eigenvalue weighted by Gasteiger charge is 2.26. The van der Waals surface area contributed by atoms with Crippen LogP contribution >= 0.6 is 11.6 Å². The third-order valence-electron chi connectivity index (χ3n) is 3.92. The summed E-state index contributed by atoms with van der Waals surface area (Å²) in [5.41, 5.74) is 1.61. The number of alkyl halides is 1. The molecule has 0 aliphatic carbocycles. The lowest BCUT2D eigenvalue weighted by Crippen LogP contribution is -2.42. The van der Waals surface area contributed by atoms with Crippen LogP contribution in [0.25, 0.3) is 11.2 Å². The van der Waals surface area contributed by atoms with Crippen molar-refractivity contribution in [1.29, 1.82) is 0 Å². The number of likely N-dealkylation sites (N-methyl/N-ethyl adjacent to an activating group) is 1. The van der Waals surface area contributed by atoms with Gasteiger partial charge in [-0.15, -0.1) is 11.6 Å². The second kappa shape index (κ2) is 5.81. The van der Waals surface area contributed by atoms with Crippen molar-refractivity contribution in [3.63, 3.8) is 0 Å². The number of pyridine rings is 1. The summed E-state index contributed by atoms with van der Waals surface area (Å²) in [6, 6.07) is 3.74. The lowest BCUT2D eigenvalue weighted by atomic mass is 10.0. The van der Waals surface area contributed by atoms with Crippen molar-refractivity contribution in [2.75, 3.05) is 21.2 Å². The van der Waals surface area contributed by atoms with Crippen LogP contribution in [0, 0.1) is 0 Å². The maximum atomic E-state index is 6.31. The predicted octanol–water partition coefficient (Wildman–Crippen LogP) is 3.08. The standard InChI is InChI=1S/C15H23ClN4O/c1-10(16)13-17-11-7-8-12(21-6)18-14(11)20(13)9-15(2,3)19(4)5/h7-8,10H,9H2,1-6H3. The topological polar surface area (TPSA) is 43.2 Å². The first kappa shape index (κ1) is 16.0. The van der Waals surface area contributed by atoms with Crippen LogP contribution in [0.4, 0.5) is 0 Å². The Hall–Kier alpha value is -1.33. The monoisotopic (exact) mass is 310 g/mol. The third kappa shape index (κ3) is 3.14. The molecule has 0 saturated carbocycles. The average molecular weight is 311 g/mol. The van der Waals surface area contributed by atoms with Gasteiger partial charge in [-0.1, -0.05) is 0 Å². The highest BCUT2D eigenvalue weighted by atomic mass is 35.5. The van der Waals surface area contributed by atoms with Gasteiger partial charge in [0.25, 0.3) is 0 Å². The van der Waals surface area contributed by atoms with E-state index >= 15 is 0 Å². The molecule has 0 amide bonds. The van der Waals surface area contributed by atoms with Crippen LogP contribution in [0.5, 0.6) is 5.88 Å². The van der Waals surface area contributed by atoms with E-state index in [0.717, 1.165) is 23.5 Å². The predicted molar refractivity (Wildman–Crippen MR) is 86.1 cm³/mol. The van der Waals surface area contributed by atoms with Crippen LogP contribution in [0.3, 0.4) is 0 Å². The highest BCUT2D eigenvalue weighted by molar-refractivity contribution is 6.20. The molecule has 0 aromatic carbocycles. The van der Waals surface area contributed by atoms with Crippen molar-refractivity contribution in [3.8, 4) is 5.88 Å². The molecule has 21 heavy (non-hydrogen) atoms. The summed E-state index contributed by atoms with van der Waals surface area (Å²) in [6.07, 6.45) is 0. The molecule has 0 spiro atoms. The van der Waals surface area contributed by atoms with Crippen molar-refractivity contribution >= 4 is 22.8 Å². The molecule has 2 aromatic heterocycles. The minimum atomic E-state index is -0.178. The van der Waals surface area contributed by atoms with E-state index in [1.165, 1.54) is 0 Å². The first-order valence-corrected chi connectivity index (χ1v) is 7.42. The summed E-state index contributed by atoms with van der Waals surface area (Å²) in [5.74, 6) is 1.42. The average Bonchev–Trinajstić information content (AvgIpc) is 2.76. The van der Waals surface area contributed by atoms with E-state index in [4.69, 9.17) is 16.3 Å². The SMILES string of the molecule is COc1ccc2nc(C(C)Cl)n(CC(C)(C)N(C)C)c2n1. The summed E-state index contributed by atoms with van der Waals surface area (Å²) in [6.45, 7) is 7.05. The number of ether oxygens (including phenoxy) is 1. The van der Waals surface area contributed by atoms with Gasteiger partial charge in [0.05, 0.1) is 12.5 Å². The molecule has 5 nitrogen and oxygen atoms in total. The van der Waals surface area contributed by atoms with Crippen molar-refractivity contribution < 1.29 is 4.74 Å². The van der Waals surface area contributed by atoms with Crippen LogP contribution in [0.15, 0.2) is 12.1 Å². The summed E-state index contributed by atoms with van der Waals surface area (Å²) < 4.78 is 7.32. The summed E-state index contributed by atoms with van der Waals surface area (Å²) in [7, 11) is 5.75. The second-order valence-electron chi connectivity index (χ2n) is 6.08. The zero-order chi connectivity index (χ0) is 15.8. The van der Waals surface area contributed by atoms with E-state index in [1.807, 2.05) is 19.1 Å². The van der Waals surface area contributed by atoms with Gasteiger partial charge >= 0.3 is 0 Å². The Bertz CT molecular complexity index is 634. The molecule has 2 aromatic rings. The van der Waals surface area contributed by atoms with E-state index in [9.17, 15) is 0 Å². The molecule has 0 bridgehead atoms. The number of fused-ring (bicyclic) bond motifs is 1. The molecule has 2 heterocycles. The number of methoxy groups -OCH3 is 1. The van der Waals surface area contributed by atoms with Crippen molar-refractivity contribution in [2.24, 2.45) is 0 Å². The Morgan fingerprint density at radius 2 is 2.00 bits per heavy atom. The number of halogens is 1. The quantitative estimate of drug-likeness (QED) is 0.796. The van der Waals surface area contributed by atoms with E-state index in [1.54, 1.807) is 7.11 Å². The Balaban J connectivity index is 2.59. The lowest BCUT2D eigenvalue weighted by Gasteiger charge is -2.33. The normalized spacial score (nSPS) is 13.9. The summed E-state index contributed by atoms with van der Waals surface area (Å²) >= 11 is 6.31. The number of imidazole rings is 1. The Morgan fingerprint density at radius 3 is 2.52 bits per heavy atom. The fraction of sp³-hybridized carbons (Fsp3) is 0.600. The summed E-state index contributed by atoms with van der Waals surface area (Å²) in [4.78, 5) is 11.3. The smallest absolute Gasteiger partial charge is 0.215 e. The van der Waals surface area contributed by atoms with E-state index in [0.29, 0.717) is 5.88 Å². The Kier molecular flexibility index (Phi) is 4.44. The number of aromatic nitrogens is 3. The van der Waals surface area contributed by atoms with Gasteiger partial charge in [-0.3, -0.25) is 0 Å². The number of nitrogens with zero attached hydrogens (tertiary/aromatic N) is 4. The van der Waals surface area contributed by atoms with Crippen molar-refractivity contribution in [3.05, 3.63) is 18.0 Å². The molecule has 0 radical (unpaired) electrons. The lowest BCUT2D eigenvalue weighted by molar-refractivity contribution is 0.169. The zero-order valence-electron chi connectivity index (χ0n) is 13.5. The van der Waals surface area contributed by atoms with E-state index in [2.05, 4.69) is 47.4 Å². The number of rotatable bonds is 5. The molecule has 0 saturated heterocycles. The van der Waals surface area contributed by atoms with Gasteiger partial charge in [0.1, 0.15) is 11.3 Å². The minimum absolute atomic E-state index is 0.0427. The van der Waals surface area contributed by atoms with Gasteiger partial charge in [-0.2, -0.15) is 4.98 Å². The summed E-state index contributed by atoms with van der Waals surface area (Å²) in [5, 5.41) is -0.178. The first-order valence-electron chi connectivity index (χ1n) is 6.99. The third-order valence-corrected chi connectivity index (χ3v) is 4.11. The number of hydrogen-bond acceptors (Lipinski definition) is 4. The molecule has 0 aliphatic heterocycles. The molecule has 1 unspecified atom stereocenters. The molecule has 1 atom stereocenters. The molecule has 0 fully saturated rings. The maximum Gasteiger partial charge on any atom is 0.215 e. The van der Waals surface area contributed by atoms with Gasteiger partial charge in [-0.05, 0) is 40.9 Å². The fourth-order valence-corrected chi connectivity index (χ4v) is 2.27. The molecule has 116 valence electrons. The molecule has 0 N–H and O–H groups in total. The molecular formula is C15H23ClN4O. The van der Waals surface area contributed by atoms with E-state index in [-0.39, 0.29) is 10.9 Å².